The summed E-state index contributed by atoms with van der Waals surface area (Å²) in [7, 11) is 0. The molecule has 0 saturated carbocycles. The molecule has 0 radical (unpaired) electrons. The normalized spacial score (nSPS) is 10.9. The van der Waals surface area contributed by atoms with Gasteiger partial charge < -0.3 is 14.4 Å². The summed E-state index contributed by atoms with van der Waals surface area (Å²) in [5.41, 5.74) is 0. The quantitative estimate of drug-likeness (QED) is 0.103. The zero-order chi connectivity index (χ0) is 23.9. The Morgan fingerprint density at radius 2 is 1.31 bits per heavy atom. The lowest BCUT2D eigenvalue weighted by atomic mass is 9.96. The standard InChI is InChI=1S/C26H49NO5/c1-4-7-10-14-19-27(26(30)31-22-21-28)20-15-13-18-25(29)32-23-24(16-11-8-5-2)17-12-9-6-3/h21,24H,4-20,22-23H2,1-3H3. The minimum atomic E-state index is -0.446. The topological polar surface area (TPSA) is 72.9 Å². The van der Waals surface area contributed by atoms with E-state index < -0.39 is 6.09 Å². The molecule has 0 unspecified atom stereocenters. The second-order valence-corrected chi connectivity index (χ2v) is 8.79. The van der Waals surface area contributed by atoms with Crippen LogP contribution in [-0.2, 0) is 19.1 Å². The summed E-state index contributed by atoms with van der Waals surface area (Å²) in [5.74, 6) is 0.335. The van der Waals surface area contributed by atoms with Crippen LogP contribution >= 0.6 is 0 Å². The first kappa shape index (κ1) is 30.4. The molecule has 0 spiro atoms. The highest BCUT2D eigenvalue weighted by molar-refractivity contribution is 5.70. The zero-order valence-electron chi connectivity index (χ0n) is 21.1. The first-order valence-electron chi connectivity index (χ1n) is 13.1. The second-order valence-electron chi connectivity index (χ2n) is 8.79. The van der Waals surface area contributed by atoms with Crippen molar-refractivity contribution in [1.82, 2.24) is 4.90 Å². The third kappa shape index (κ3) is 18.0. The minimum absolute atomic E-state index is 0.140. The van der Waals surface area contributed by atoms with Gasteiger partial charge in [-0.15, -0.1) is 0 Å². The smallest absolute Gasteiger partial charge is 0.410 e. The molecule has 1 amide bonds. The number of aldehydes is 1. The molecule has 6 nitrogen and oxygen atoms in total. The van der Waals surface area contributed by atoms with E-state index in [0.717, 1.165) is 44.9 Å². The Hall–Kier alpha value is -1.59. The number of carbonyl (C=O) groups excluding carboxylic acids is 3. The van der Waals surface area contributed by atoms with Gasteiger partial charge in [-0.3, -0.25) is 9.59 Å². The van der Waals surface area contributed by atoms with E-state index in [-0.39, 0.29) is 12.6 Å². The molecule has 0 aromatic carbocycles. The van der Waals surface area contributed by atoms with Gasteiger partial charge in [0.25, 0.3) is 0 Å². The third-order valence-corrected chi connectivity index (χ3v) is 5.79. The molecule has 0 atom stereocenters. The van der Waals surface area contributed by atoms with Gasteiger partial charge in [-0.2, -0.15) is 0 Å². The summed E-state index contributed by atoms with van der Waals surface area (Å²) < 4.78 is 10.5. The molecule has 0 saturated heterocycles. The lowest BCUT2D eigenvalue weighted by Crippen LogP contribution is -2.34. The summed E-state index contributed by atoms with van der Waals surface area (Å²) in [5, 5.41) is 0. The monoisotopic (exact) mass is 455 g/mol. The van der Waals surface area contributed by atoms with Crippen molar-refractivity contribution in [3.8, 4) is 0 Å². The molecule has 0 heterocycles. The molecule has 6 heteroatoms. The molecular weight excluding hydrogens is 406 g/mol. The molecule has 0 aliphatic heterocycles. The van der Waals surface area contributed by atoms with Crippen molar-refractivity contribution in [3.63, 3.8) is 0 Å². The average molecular weight is 456 g/mol. The highest BCUT2D eigenvalue weighted by atomic mass is 16.6. The van der Waals surface area contributed by atoms with E-state index in [9.17, 15) is 14.4 Å². The van der Waals surface area contributed by atoms with Crippen LogP contribution in [-0.4, -0.2) is 49.6 Å². The summed E-state index contributed by atoms with van der Waals surface area (Å²) in [6.07, 6.45) is 15.8. The third-order valence-electron chi connectivity index (χ3n) is 5.79. The fraction of sp³-hybridized carbons (Fsp3) is 0.885. The fourth-order valence-electron chi connectivity index (χ4n) is 3.75. The predicted molar refractivity (Wildman–Crippen MR) is 130 cm³/mol. The van der Waals surface area contributed by atoms with Crippen molar-refractivity contribution < 1.29 is 23.9 Å². The first-order valence-corrected chi connectivity index (χ1v) is 13.1. The van der Waals surface area contributed by atoms with E-state index in [1.165, 1.54) is 38.5 Å². The molecule has 188 valence electrons. The fourth-order valence-corrected chi connectivity index (χ4v) is 3.75. The second kappa shape index (κ2) is 22.6. The van der Waals surface area contributed by atoms with Gasteiger partial charge in [0.2, 0.25) is 0 Å². The number of hydrogen-bond donors (Lipinski definition) is 0. The SMILES string of the molecule is CCCCCCN(CCCCC(=O)OCC(CCCCC)CCCCC)C(=O)OCC=O. The van der Waals surface area contributed by atoms with Crippen LogP contribution < -0.4 is 0 Å². The lowest BCUT2D eigenvalue weighted by Gasteiger charge is -2.21. The van der Waals surface area contributed by atoms with Gasteiger partial charge in [0, 0.05) is 19.5 Å². The Kier molecular flexibility index (Phi) is 21.5. The van der Waals surface area contributed by atoms with Crippen molar-refractivity contribution in [2.24, 2.45) is 5.92 Å². The van der Waals surface area contributed by atoms with Crippen LogP contribution in [0.3, 0.4) is 0 Å². The molecule has 32 heavy (non-hydrogen) atoms. The van der Waals surface area contributed by atoms with Crippen LogP contribution in [0.2, 0.25) is 0 Å². The Bertz CT molecular complexity index is 459. The number of esters is 1. The van der Waals surface area contributed by atoms with E-state index in [0.29, 0.717) is 44.7 Å². The van der Waals surface area contributed by atoms with Crippen LogP contribution in [0, 0.1) is 5.92 Å². The summed E-state index contributed by atoms with van der Waals surface area (Å²) in [4.78, 5) is 36.5. The molecule has 0 bridgehead atoms. The van der Waals surface area contributed by atoms with Gasteiger partial charge in [-0.05, 0) is 38.0 Å². The van der Waals surface area contributed by atoms with Crippen molar-refractivity contribution in [2.75, 3.05) is 26.3 Å². The Morgan fingerprint density at radius 1 is 0.750 bits per heavy atom. The molecule has 0 rings (SSSR count). The summed E-state index contributed by atoms with van der Waals surface area (Å²) in [6, 6.07) is 0. The van der Waals surface area contributed by atoms with E-state index in [2.05, 4.69) is 20.8 Å². The zero-order valence-corrected chi connectivity index (χ0v) is 21.1. The number of hydrogen-bond acceptors (Lipinski definition) is 5. The highest BCUT2D eigenvalue weighted by Gasteiger charge is 2.15. The van der Waals surface area contributed by atoms with E-state index in [1.807, 2.05) is 0 Å². The molecule has 0 N–H and O–H groups in total. The van der Waals surface area contributed by atoms with E-state index >= 15 is 0 Å². The predicted octanol–water partition coefficient (Wildman–Crippen LogP) is 6.69. The highest BCUT2D eigenvalue weighted by Crippen LogP contribution is 2.18. The maximum atomic E-state index is 12.2. The number of amides is 1. The van der Waals surface area contributed by atoms with Crippen LogP contribution in [0.25, 0.3) is 0 Å². The molecule has 0 aromatic heterocycles. The number of carbonyl (C=O) groups is 3. The Morgan fingerprint density at radius 3 is 1.88 bits per heavy atom. The minimum Gasteiger partial charge on any atom is -0.465 e. The van der Waals surface area contributed by atoms with Crippen LogP contribution in [0.5, 0.6) is 0 Å². The maximum absolute atomic E-state index is 12.2. The van der Waals surface area contributed by atoms with Crippen molar-refractivity contribution >= 4 is 18.3 Å². The number of unbranched alkanes of at least 4 members (excludes halogenated alkanes) is 8. The number of rotatable bonds is 22. The Balaban J connectivity index is 4.25. The number of nitrogens with zero attached hydrogens (tertiary/aromatic N) is 1. The lowest BCUT2D eigenvalue weighted by molar-refractivity contribution is -0.145. The van der Waals surface area contributed by atoms with Gasteiger partial charge in [-0.25, -0.2) is 4.79 Å². The molecule has 0 fully saturated rings. The van der Waals surface area contributed by atoms with Gasteiger partial charge in [0.15, 0.2) is 6.29 Å². The molecular formula is C26H49NO5. The largest absolute Gasteiger partial charge is 0.465 e. The molecule has 0 aromatic rings. The molecule has 0 aliphatic rings. The number of ether oxygens (including phenoxy) is 2. The summed E-state index contributed by atoms with van der Waals surface area (Å²) >= 11 is 0. The average Bonchev–Trinajstić information content (AvgIpc) is 2.79. The molecule has 0 aliphatic carbocycles. The van der Waals surface area contributed by atoms with Gasteiger partial charge in [-0.1, -0.05) is 78.6 Å². The Labute approximate surface area is 196 Å². The van der Waals surface area contributed by atoms with Crippen molar-refractivity contribution in [2.45, 2.75) is 117 Å². The van der Waals surface area contributed by atoms with Crippen LogP contribution in [0.1, 0.15) is 117 Å². The summed E-state index contributed by atoms with van der Waals surface area (Å²) in [6.45, 7) is 8.05. The maximum Gasteiger partial charge on any atom is 0.410 e. The van der Waals surface area contributed by atoms with Gasteiger partial charge in [0.1, 0.15) is 6.61 Å². The van der Waals surface area contributed by atoms with Crippen LogP contribution in [0.4, 0.5) is 4.79 Å². The van der Waals surface area contributed by atoms with E-state index in [4.69, 9.17) is 9.47 Å². The van der Waals surface area contributed by atoms with Gasteiger partial charge >= 0.3 is 12.1 Å². The first-order chi connectivity index (χ1) is 15.6. The van der Waals surface area contributed by atoms with Gasteiger partial charge in [0.05, 0.1) is 6.61 Å². The van der Waals surface area contributed by atoms with Crippen LogP contribution in [0.15, 0.2) is 0 Å². The van der Waals surface area contributed by atoms with Crippen molar-refractivity contribution in [3.05, 3.63) is 0 Å². The van der Waals surface area contributed by atoms with E-state index in [1.54, 1.807) is 4.90 Å². The van der Waals surface area contributed by atoms with Crippen molar-refractivity contribution in [1.29, 1.82) is 0 Å².